The van der Waals surface area contributed by atoms with Crippen molar-refractivity contribution in [3.05, 3.63) is 47.8 Å². The molecule has 0 atom stereocenters. The van der Waals surface area contributed by atoms with Crippen LogP contribution >= 0.6 is 0 Å². The predicted octanol–water partition coefficient (Wildman–Crippen LogP) is 3.54. The van der Waals surface area contributed by atoms with Crippen molar-refractivity contribution in [2.75, 3.05) is 29.8 Å². The van der Waals surface area contributed by atoms with Crippen LogP contribution < -0.4 is 14.4 Å². The van der Waals surface area contributed by atoms with E-state index < -0.39 is 15.8 Å². The molecular weight excluding hydrogens is 343 g/mol. The zero-order chi connectivity index (χ0) is 18.0. The lowest BCUT2D eigenvalue weighted by molar-refractivity contribution is 0.417. The second kappa shape index (κ2) is 6.92. The summed E-state index contributed by atoms with van der Waals surface area (Å²) in [6.07, 6.45) is 2.25. The number of methoxy groups -OCH3 is 1. The third kappa shape index (κ3) is 3.71. The number of rotatable bonds is 5. The highest BCUT2D eigenvalue weighted by Gasteiger charge is 2.20. The third-order valence-corrected chi connectivity index (χ3v) is 5.70. The van der Waals surface area contributed by atoms with Crippen LogP contribution in [0.25, 0.3) is 0 Å². The Bertz CT molecular complexity index is 878. The van der Waals surface area contributed by atoms with E-state index >= 15 is 0 Å². The first kappa shape index (κ1) is 17.5. The molecule has 1 aliphatic heterocycles. The zero-order valence-corrected chi connectivity index (χ0v) is 15.1. The van der Waals surface area contributed by atoms with Crippen LogP contribution in [0.4, 0.5) is 15.8 Å². The smallest absolute Gasteiger partial charge is 0.262 e. The van der Waals surface area contributed by atoms with E-state index in [1.807, 2.05) is 6.07 Å². The third-order valence-electron chi connectivity index (χ3n) is 4.34. The van der Waals surface area contributed by atoms with Gasteiger partial charge in [-0.3, -0.25) is 4.72 Å². The fourth-order valence-electron chi connectivity index (χ4n) is 2.94. The Morgan fingerprint density at radius 3 is 2.48 bits per heavy atom. The Labute approximate surface area is 147 Å². The molecule has 3 rings (SSSR count). The quantitative estimate of drug-likeness (QED) is 0.882. The molecule has 1 aliphatic rings. The normalized spacial score (nSPS) is 14.6. The molecule has 1 saturated heterocycles. The van der Waals surface area contributed by atoms with Crippen LogP contribution in [0.2, 0.25) is 0 Å². The highest BCUT2D eigenvalue weighted by atomic mass is 32.2. The summed E-state index contributed by atoms with van der Waals surface area (Å²) in [5, 5.41) is 0. The molecule has 5 nitrogen and oxygen atoms in total. The van der Waals surface area contributed by atoms with Crippen molar-refractivity contribution in [3.63, 3.8) is 0 Å². The summed E-state index contributed by atoms with van der Waals surface area (Å²) in [7, 11) is -2.35. The molecule has 1 N–H and O–H groups in total. The van der Waals surface area contributed by atoms with Crippen LogP contribution in [-0.2, 0) is 10.0 Å². The van der Waals surface area contributed by atoms with Gasteiger partial charge in [-0.05, 0) is 61.7 Å². The molecule has 7 heteroatoms. The number of nitrogens with one attached hydrogen (secondary N) is 1. The Morgan fingerprint density at radius 1 is 1.12 bits per heavy atom. The van der Waals surface area contributed by atoms with E-state index in [9.17, 15) is 12.8 Å². The van der Waals surface area contributed by atoms with Crippen molar-refractivity contribution < 1.29 is 17.5 Å². The molecule has 0 aliphatic carbocycles. The minimum Gasteiger partial charge on any atom is -0.495 e. The van der Waals surface area contributed by atoms with E-state index in [0.29, 0.717) is 11.4 Å². The predicted molar refractivity (Wildman–Crippen MR) is 96.4 cm³/mol. The number of hydrogen-bond acceptors (Lipinski definition) is 4. The number of hydrogen-bond donors (Lipinski definition) is 1. The van der Waals surface area contributed by atoms with Crippen LogP contribution in [0, 0.1) is 12.7 Å². The van der Waals surface area contributed by atoms with Gasteiger partial charge in [0.15, 0.2) is 0 Å². The largest absolute Gasteiger partial charge is 0.495 e. The maximum Gasteiger partial charge on any atom is 0.262 e. The molecule has 25 heavy (non-hydrogen) atoms. The molecule has 0 amide bonds. The number of anilines is 2. The number of benzene rings is 2. The van der Waals surface area contributed by atoms with Crippen LogP contribution in [0.1, 0.15) is 18.4 Å². The van der Waals surface area contributed by atoms with Gasteiger partial charge in [0.25, 0.3) is 10.0 Å². The minimum atomic E-state index is -3.84. The fraction of sp³-hybridized carbons (Fsp3) is 0.333. The molecule has 0 bridgehead atoms. The molecule has 134 valence electrons. The zero-order valence-electron chi connectivity index (χ0n) is 14.3. The van der Waals surface area contributed by atoms with Crippen molar-refractivity contribution in [2.24, 2.45) is 0 Å². The molecule has 2 aromatic rings. The van der Waals surface area contributed by atoms with Gasteiger partial charge in [0.2, 0.25) is 0 Å². The van der Waals surface area contributed by atoms with E-state index in [1.165, 1.54) is 26.2 Å². The van der Waals surface area contributed by atoms with Gasteiger partial charge in [0.1, 0.15) is 11.6 Å². The van der Waals surface area contributed by atoms with Gasteiger partial charge in [-0.25, -0.2) is 12.8 Å². The summed E-state index contributed by atoms with van der Waals surface area (Å²) >= 11 is 0. The maximum atomic E-state index is 13.4. The number of nitrogens with zero attached hydrogens (tertiary/aromatic N) is 1. The minimum absolute atomic E-state index is 0.0139. The van der Waals surface area contributed by atoms with Crippen molar-refractivity contribution in [1.82, 2.24) is 0 Å². The highest BCUT2D eigenvalue weighted by Crippen LogP contribution is 2.32. The van der Waals surface area contributed by atoms with Gasteiger partial charge in [-0.15, -0.1) is 0 Å². The van der Waals surface area contributed by atoms with Crippen LogP contribution in [-0.4, -0.2) is 28.6 Å². The van der Waals surface area contributed by atoms with E-state index in [2.05, 4.69) is 9.62 Å². The Hall–Kier alpha value is -2.28. The second-order valence-electron chi connectivity index (χ2n) is 6.10. The van der Waals surface area contributed by atoms with Crippen LogP contribution in [0.15, 0.2) is 41.3 Å². The summed E-state index contributed by atoms with van der Waals surface area (Å²) in [4.78, 5) is 2.22. The monoisotopic (exact) mass is 364 g/mol. The van der Waals surface area contributed by atoms with Gasteiger partial charge in [0.05, 0.1) is 17.7 Å². The van der Waals surface area contributed by atoms with Gasteiger partial charge >= 0.3 is 0 Å². The van der Waals surface area contributed by atoms with Crippen molar-refractivity contribution >= 4 is 21.4 Å². The average Bonchev–Trinajstić information content (AvgIpc) is 3.11. The highest BCUT2D eigenvalue weighted by molar-refractivity contribution is 7.92. The van der Waals surface area contributed by atoms with Gasteiger partial charge in [-0.1, -0.05) is 0 Å². The van der Waals surface area contributed by atoms with Crippen LogP contribution in [0.5, 0.6) is 5.75 Å². The summed E-state index contributed by atoms with van der Waals surface area (Å²) in [5.41, 5.74) is 1.60. The molecule has 0 saturated carbocycles. The summed E-state index contributed by atoms with van der Waals surface area (Å²) < 4.78 is 46.6. The first-order valence-electron chi connectivity index (χ1n) is 8.13. The first-order chi connectivity index (χ1) is 11.9. The van der Waals surface area contributed by atoms with E-state index in [4.69, 9.17) is 4.74 Å². The van der Waals surface area contributed by atoms with E-state index in [1.54, 1.807) is 12.1 Å². The lowest BCUT2D eigenvalue weighted by Gasteiger charge is -2.20. The molecular formula is C18H21FN2O3S. The number of halogens is 1. The number of aryl methyl sites for hydroxylation is 1. The molecule has 0 radical (unpaired) electrons. The molecule has 1 heterocycles. The lowest BCUT2D eigenvalue weighted by atomic mass is 10.2. The van der Waals surface area contributed by atoms with Crippen molar-refractivity contribution in [2.45, 2.75) is 24.7 Å². The summed E-state index contributed by atoms with van der Waals surface area (Å²) in [6, 6.07) is 9.17. The van der Waals surface area contributed by atoms with E-state index in [0.717, 1.165) is 37.7 Å². The lowest BCUT2D eigenvalue weighted by Crippen LogP contribution is -2.18. The molecule has 0 spiro atoms. The summed E-state index contributed by atoms with van der Waals surface area (Å²) in [5.74, 6) is -0.00193. The van der Waals surface area contributed by atoms with Gasteiger partial charge < -0.3 is 9.64 Å². The van der Waals surface area contributed by atoms with Gasteiger partial charge in [0, 0.05) is 18.8 Å². The Balaban J connectivity index is 1.94. The first-order valence-corrected chi connectivity index (χ1v) is 9.61. The molecule has 0 aromatic heterocycles. The SMILES string of the molecule is COc1ccc(N2CCCC2)cc1NS(=O)(=O)c1ccc(F)c(C)c1. The summed E-state index contributed by atoms with van der Waals surface area (Å²) in [6.45, 7) is 3.44. The van der Waals surface area contributed by atoms with Crippen molar-refractivity contribution in [3.8, 4) is 5.75 Å². The molecule has 2 aromatic carbocycles. The topological polar surface area (TPSA) is 58.6 Å². The number of sulfonamides is 1. The Kier molecular flexibility index (Phi) is 4.85. The number of ether oxygens (including phenoxy) is 1. The van der Waals surface area contributed by atoms with Gasteiger partial charge in [-0.2, -0.15) is 0 Å². The standard InChI is InChI=1S/C18H21FN2O3S/c1-13-11-15(6-7-16(13)19)25(22,23)20-17-12-14(5-8-18(17)24-2)21-9-3-4-10-21/h5-8,11-12,20H,3-4,9-10H2,1-2H3. The molecule has 1 fully saturated rings. The molecule has 0 unspecified atom stereocenters. The fourth-order valence-corrected chi connectivity index (χ4v) is 4.08. The Morgan fingerprint density at radius 2 is 1.84 bits per heavy atom. The van der Waals surface area contributed by atoms with Crippen molar-refractivity contribution in [1.29, 1.82) is 0 Å². The second-order valence-corrected chi connectivity index (χ2v) is 7.78. The van der Waals surface area contributed by atoms with Crippen LogP contribution in [0.3, 0.4) is 0 Å². The average molecular weight is 364 g/mol. The maximum absolute atomic E-state index is 13.4. The van der Waals surface area contributed by atoms with E-state index in [-0.39, 0.29) is 10.5 Å².